The van der Waals surface area contributed by atoms with Crippen LogP contribution in [0.3, 0.4) is 0 Å². The van der Waals surface area contributed by atoms with E-state index < -0.39 is 0 Å². The molecule has 2 heterocycles. The molecule has 0 unspecified atom stereocenters. The zero-order chi connectivity index (χ0) is 20.1. The number of rotatable bonds is 6. The molecule has 1 aromatic heterocycles. The standard InChI is InChI=1S/C19H16ClN3O3S2/c1-27-17-14(3-2-8-22-17)16(24)21-9-10-23-18(25)15(28-19(23)26)11-12-4-6-13(20)7-5-12/h2-8,11H,9-10H2,1H3,(H,21,24)/b15-11+. The summed E-state index contributed by atoms with van der Waals surface area (Å²) in [6.45, 7) is 0.261. The molecule has 0 aliphatic carbocycles. The third-order valence-electron chi connectivity index (χ3n) is 3.87. The second kappa shape index (κ2) is 9.27. The van der Waals surface area contributed by atoms with Crippen LogP contribution in [0, 0.1) is 0 Å². The van der Waals surface area contributed by atoms with Crippen LogP contribution < -0.4 is 5.32 Å². The van der Waals surface area contributed by atoms with Gasteiger partial charge in [-0.05, 0) is 53.9 Å². The Labute approximate surface area is 175 Å². The first kappa shape index (κ1) is 20.4. The lowest BCUT2D eigenvalue weighted by atomic mass is 10.2. The Bertz CT molecular complexity index is 948. The van der Waals surface area contributed by atoms with Gasteiger partial charge in [-0.25, -0.2) is 4.98 Å². The van der Waals surface area contributed by atoms with Crippen LogP contribution in [0.1, 0.15) is 15.9 Å². The van der Waals surface area contributed by atoms with Crippen LogP contribution in [0.25, 0.3) is 6.08 Å². The number of hydrogen-bond donors (Lipinski definition) is 1. The van der Waals surface area contributed by atoms with E-state index in [0.717, 1.165) is 22.2 Å². The molecular weight excluding hydrogens is 418 g/mol. The van der Waals surface area contributed by atoms with Gasteiger partial charge in [-0.3, -0.25) is 19.3 Å². The zero-order valence-corrected chi connectivity index (χ0v) is 17.2. The van der Waals surface area contributed by atoms with Crippen LogP contribution in [0.5, 0.6) is 0 Å². The van der Waals surface area contributed by atoms with Crippen LogP contribution >= 0.6 is 35.1 Å². The monoisotopic (exact) mass is 433 g/mol. The maximum absolute atomic E-state index is 12.5. The molecule has 0 saturated carbocycles. The van der Waals surface area contributed by atoms with E-state index in [2.05, 4.69) is 10.3 Å². The Hall–Kier alpha value is -2.29. The summed E-state index contributed by atoms with van der Waals surface area (Å²) in [7, 11) is 0. The number of imide groups is 1. The van der Waals surface area contributed by atoms with Crippen LogP contribution in [0.2, 0.25) is 5.02 Å². The van der Waals surface area contributed by atoms with Crippen molar-refractivity contribution in [3.63, 3.8) is 0 Å². The molecular formula is C19H16ClN3O3S2. The number of aromatic nitrogens is 1. The van der Waals surface area contributed by atoms with E-state index in [4.69, 9.17) is 11.6 Å². The van der Waals surface area contributed by atoms with Crippen molar-refractivity contribution >= 4 is 58.3 Å². The van der Waals surface area contributed by atoms with E-state index in [-0.39, 0.29) is 30.1 Å². The molecule has 144 valence electrons. The number of thioether (sulfide) groups is 2. The molecule has 1 N–H and O–H groups in total. The Morgan fingerprint density at radius 2 is 2.04 bits per heavy atom. The molecule has 9 heteroatoms. The minimum atomic E-state index is -0.370. The van der Waals surface area contributed by atoms with Crippen molar-refractivity contribution in [1.82, 2.24) is 15.2 Å². The quantitative estimate of drug-likeness (QED) is 0.549. The molecule has 0 spiro atoms. The van der Waals surface area contributed by atoms with E-state index in [1.54, 1.807) is 48.7 Å². The lowest BCUT2D eigenvalue weighted by Crippen LogP contribution is -2.37. The number of amides is 3. The average molecular weight is 434 g/mol. The summed E-state index contributed by atoms with van der Waals surface area (Å²) in [5, 5.41) is 3.59. The van der Waals surface area contributed by atoms with E-state index in [1.165, 1.54) is 11.8 Å². The summed E-state index contributed by atoms with van der Waals surface area (Å²) in [5.41, 5.74) is 1.25. The maximum Gasteiger partial charge on any atom is 0.293 e. The second-order valence-corrected chi connectivity index (χ2v) is 7.93. The highest BCUT2D eigenvalue weighted by molar-refractivity contribution is 8.18. The third-order valence-corrected chi connectivity index (χ3v) is 5.74. The van der Waals surface area contributed by atoms with Gasteiger partial charge in [0.15, 0.2) is 0 Å². The van der Waals surface area contributed by atoms with Crippen molar-refractivity contribution < 1.29 is 14.4 Å². The molecule has 0 radical (unpaired) electrons. The van der Waals surface area contributed by atoms with Gasteiger partial charge in [0, 0.05) is 24.3 Å². The number of pyridine rings is 1. The number of hydrogen-bond acceptors (Lipinski definition) is 6. The fourth-order valence-corrected chi connectivity index (χ4v) is 4.04. The smallest absolute Gasteiger partial charge is 0.293 e. The van der Waals surface area contributed by atoms with Crippen molar-refractivity contribution in [3.8, 4) is 0 Å². The van der Waals surface area contributed by atoms with Gasteiger partial charge in [0.05, 0.1) is 10.5 Å². The molecule has 0 atom stereocenters. The van der Waals surface area contributed by atoms with Crippen molar-refractivity contribution in [1.29, 1.82) is 0 Å². The van der Waals surface area contributed by atoms with Gasteiger partial charge in [-0.15, -0.1) is 11.8 Å². The molecule has 1 aliphatic rings. The summed E-state index contributed by atoms with van der Waals surface area (Å²) < 4.78 is 0. The molecule has 0 bridgehead atoms. The molecule has 1 aliphatic heterocycles. The predicted molar refractivity (Wildman–Crippen MR) is 112 cm³/mol. The van der Waals surface area contributed by atoms with Gasteiger partial charge in [0.25, 0.3) is 17.1 Å². The van der Waals surface area contributed by atoms with E-state index in [0.29, 0.717) is 20.5 Å². The van der Waals surface area contributed by atoms with Gasteiger partial charge in [0.1, 0.15) is 5.03 Å². The van der Waals surface area contributed by atoms with Crippen LogP contribution in [-0.4, -0.2) is 46.3 Å². The summed E-state index contributed by atoms with van der Waals surface area (Å²) >= 11 is 8.11. The first-order valence-electron chi connectivity index (χ1n) is 8.27. The van der Waals surface area contributed by atoms with Crippen molar-refractivity contribution in [2.45, 2.75) is 5.03 Å². The first-order valence-corrected chi connectivity index (χ1v) is 10.7. The summed E-state index contributed by atoms with van der Waals surface area (Å²) in [5.74, 6) is -0.661. The number of nitrogens with one attached hydrogen (secondary N) is 1. The molecule has 1 aromatic carbocycles. The summed E-state index contributed by atoms with van der Waals surface area (Å²) in [4.78, 5) is 42.6. The largest absolute Gasteiger partial charge is 0.350 e. The lowest BCUT2D eigenvalue weighted by molar-refractivity contribution is -0.122. The van der Waals surface area contributed by atoms with Crippen LogP contribution in [0.4, 0.5) is 4.79 Å². The normalized spacial score (nSPS) is 15.4. The average Bonchev–Trinajstić information content (AvgIpc) is 2.96. The van der Waals surface area contributed by atoms with Gasteiger partial charge >= 0.3 is 0 Å². The zero-order valence-electron chi connectivity index (χ0n) is 14.8. The fraction of sp³-hybridized carbons (Fsp3) is 0.158. The number of halogens is 1. The predicted octanol–water partition coefficient (Wildman–Crippen LogP) is 3.92. The molecule has 1 saturated heterocycles. The van der Waals surface area contributed by atoms with Crippen LogP contribution in [0.15, 0.2) is 52.5 Å². The van der Waals surface area contributed by atoms with Gasteiger partial charge in [0.2, 0.25) is 0 Å². The molecule has 3 amide bonds. The second-order valence-electron chi connectivity index (χ2n) is 5.70. The Morgan fingerprint density at radius 1 is 1.29 bits per heavy atom. The fourth-order valence-electron chi connectivity index (χ4n) is 2.51. The first-order chi connectivity index (χ1) is 13.5. The number of nitrogens with zero attached hydrogens (tertiary/aromatic N) is 2. The van der Waals surface area contributed by atoms with E-state index in [9.17, 15) is 14.4 Å². The van der Waals surface area contributed by atoms with E-state index >= 15 is 0 Å². The Balaban J connectivity index is 1.60. The van der Waals surface area contributed by atoms with E-state index in [1.807, 2.05) is 6.26 Å². The van der Waals surface area contributed by atoms with Gasteiger partial charge in [-0.1, -0.05) is 23.7 Å². The number of carbonyl (C=O) groups excluding carboxylic acids is 3. The molecule has 1 fully saturated rings. The van der Waals surface area contributed by atoms with Gasteiger partial charge in [-0.2, -0.15) is 0 Å². The highest BCUT2D eigenvalue weighted by atomic mass is 35.5. The molecule has 2 aromatic rings. The third kappa shape index (κ3) is 4.76. The number of carbonyl (C=O) groups is 3. The number of benzene rings is 1. The SMILES string of the molecule is CSc1ncccc1C(=O)NCCN1C(=O)S/C(=C/c2ccc(Cl)cc2)C1=O. The van der Waals surface area contributed by atoms with Gasteiger partial charge < -0.3 is 5.32 Å². The minimum absolute atomic E-state index is 0.100. The van der Waals surface area contributed by atoms with Crippen molar-refractivity contribution in [2.24, 2.45) is 0 Å². The molecule has 28 heavy (non-hydrogen) atoms. The molecule has 6 nitrogen and oxygen atoms in total. The lowest BCUT2D eigenvalue weighted by Gasteiger charge is -2.13. The van der Waals surface area contributed by atoms with Crippen molar-refractivity contribution in [3.05, 3.63) is 63.6 Å². The van der Waals surface area contributed by atoms with Crippen molar-refractivity contribution in [2.75, 3.05) is 19.3 Å². The Kier molecular flexibility index (Phi) is 6.77. The van der Waals surface area contributed by atoms with Crippen LogP contribution in [-0.2, 0) is 4.79 Å². The highest BCUT2D eigenvalue weighted by Crippen LogP contribution is 2.32. The minimum Gasteiger partial charge on any atom is -0.350 e. The summed E-state index contributed by atoms with van der Waals surface area (Å²) in [6, 6.07) is 10.3. The molecule has 3 rings (SSSR count). The maximum atomic E-state index is 12.5. The highest BCUT2D eigenvalue weighted by Gasteiger charge is 2.34. The topological polar surface area (TPSA) is 79.4 Å². The summed E-state index contributed by atoms with van der Waals surface area (Å²) in [6.07, 6.45) is 5.11. The Morgan fingerprint density at radius 3 is 2.75 bits per heavy atom.